The maximum absolute atomic E-state index is 5.98. The lowest BCUT2D eigenvalue weighted by atomic mass is 10.1. The standard InChI is InChI=1S/C14H23ClN2/c1-11(2)6-8-17(9-7-16)14-5-4-13(15)10-12(14)3/h4-5,10-11H,6-9,16H2,1-3H3. The highest BCUT2D eigenvalue weighted by molar-refractivity contribution is 6.30. The van der Waals surface area contributed by atoms with Crippen LogP contribution in [-0.4, -0.2) is 19.6 Å². The van der Waals surface area contributed by atoms with Crippen LogP contribution >= 0.6 is 11.6 Å². The molecule has 0 heterocycles. The summed E-state index contributed by atoms with van der Waals surface area (Å²) >= 11 is 5.98. The predicted molar refractivity (Wildman–Crippen MR) is 76.9 cm³/mol. The first-order valence-electron chi connectivity index (χ1n) is 6.25. The molecule has 2 N–H and O–H groups in total. The van der Waals surface area contributed by atoms with Crippen molar-refractivity contribution in [3.05, 3.63) is 28.8 Å². The average molecular weight is 255 g/mol. The third-order valence-electron chi connectivity index (χ3n) is 2.87. The Labute approximate surface area is 110 Å². The zero-order valence-electron chi connectivity index (χ0n) is 11.0. The largest absolute Gasteiger partial charge is 0.370 e. The quantitative estimate of drug-likeness (QED) is 0.843. The number of rotatable bonds is 6. The van der Waals surface area contributed by atoms with Crippen molar-refractivity contribution in [1.29, 1.82) is 0 Å². The van der Waals surface area contributed by atoms with E-state index in [4.69, 9.17) is 17.3 Å². The first-order valence-corrected chi connectivity index (χ1v) is 6.63. The monoisotopic (exact) mass is 254 g/mol. The minimum atomic E-state index is 0.681. The molecule has 0 spiro atoms. The van der Waals surface area contributed by atoms with Gasteiger partial charge in [0, 0.05) is 30.3 Å². The lowest BCUT2D eigenvalue weighted by Gasteiger charge is -2.27. The van der Waals surface area contributed by atoms with E-state index < -0.39 is 0 Å². The predicted octanol–water partition coefficient (Wildman–Crippen LogP) is 3.46. The van der Waals surface area contributed by atoms with Crippen LogP contribution in [0.25, 0.3) is 0 Å². The molecule has 1 aromatic rings. The summed E-state index contributed by atoms with van der Waals surface area (Å²) in [5.74, 6) is 0.711. The number of benzene rings is 1. The number of hydrogen-bond acceptors (Lipinski definition) is 2. The molecule has 1 aromatic carbocycles. The van der Waals surface area contributed by atoms with Gasteiger partial charge in [0.2, 0.25) is 0 Å². The normalized spacial score (nSPS) is 10.9. The van der Waals surface area contributed by atoms with Crippen molar-refractivity contribution in [3.63, 3.8) is 0 Å². The van der Waals surface area contributed by atoms with Gasteiger partial charge in [-0.1, -0.05) is 25.4 Å². The number of halogens is 1. The number of nitrogens with two attached hydrogens (primary N) is 1. The average Bonchev–Trinajstić information content (AvgIpc) is 2.24. The molecule has 0 aliphatic rings. The first-order chi connectivity index (χ1) is 8.04. The second-order valence-electron chi connectivity index (χ2n) is 4.89. The topological polar surface area (TPSA) is 29.3 Å². The fourth-order valence-corrected chi connectivity index (χ4v) is 2.12. The number of anilines is 1. The fraction of sp³-hybridized carbons (Fsp3) is 0.571. The van der Waals surface area contributed by atoms with Crippen LogP contribution in [-0.2, 0) is 0 Å². The van der Waals surface area contributed by atoms with Gasteiger partial charge in [-0.3, -0.25) is 0 Å². The summed E-state index contributed by atoms with van der Waals surface area (Å²) < 4.78 is 0. The van der Waals surface area contributed by atoms with Gasteiger partial charge >= 0.3 is 0 Å². The second kappa shape index (κ2) is 6.87. The second-order valence-corrected chi connectivity index (χ2v) is 5.33. The molecule has 96 valence electrons. The van der Waals surface area contributed by atoms with Crippen LogP contribution in [0.5, 0.6) is 0 Å². The summed E-state index contributed by atoms with van der Waals surface area (Å²) in [7, 11) is 0. The summed E-state index contributed by atoms with van der Waals surface area (Å²) in [4.78, 5) is 2.35. The molecule has 0 saturated carbocycles. The smallest absolute Gasteiger partial charge is 0.0410 e. The van der Waals surface area contributed by atoms with Gasteiger partial charge < -0.3 is 10.6 Å². The van der Waals surface area contributed by atoms with Crippen molar-refractivity contribution in [2.75, 3.05) is 24.5 Å². The summed E-state index contributed by atoms with van der Waals surface area (Å²) in [6.07, 6.45) is 1.18. The van der Waals surface area contributed by atoms with E-state index >= 15 is 0 Å². The van der Waals surface area contributed by atoms with Crippen molar-refractivity contribution < 1.29 is 0 Å². The molecule has 0 bridgehead atoms. The van der Waals surface area contributed by atoms with Crippen molar-refractivity contribution in [2.45, 2.75) is 27.2 Å². The molecule has 17 heavy (non-hydrogen) atoms. The summed E-state index contributed by atoms with van der Waals surface area (Å²) in [6.45, 7) is 9.22. The van der Waals surface area contributed by atoms with Gasteiger partial charge in [0.25, 0.3) is 0 Å². The van der Waals surface area contributed by atoms with Gasteiger partial charge in [-0.05, 0) is 43.0 Å². The molecule has 0 fully saturated rings. The lowest BCUT2D eigenvalue weighted by Crippen LogP contribution is -2.31. The van der Waals surface area contributed by atoms with Gasteiger partial charge in [-0.25, -0.2) is 0 Å². The highest BCUT2D eigenvalue weighted by atomic mass is 35.5. The molecule has 2 nitrogen and oxygen atoms in total. The van der Waals surface area contributed by atoms with Crippen LogP contribution in [0.3, 0.4) is 0 Å². The molecule has 0 aromatic heterocycles. The SMILES string of the molecule is Cc1cc(Cl)ccc1N(CCN)CCC(C)C. The van der Waals surface area contributed by atoms with Crippen LogP contribution in [0.15, 0.2) is 18.2 Å². The Morgan fingerprint density at radius 2 is 2.00 bits per heavy atom. The van der Waals surface area contributed by atoms with Gasteiger partial charge in [0.05, 0.1) is 0 Å². The zero-order valence-corrected chi connectivity index (χ0v) is 11.8. The minimum Gasteiger partial charge on any atom is -0.370 e. The Balaban J connectivity index is 2.81. The van der Waals surface area contributed by atoms with Crippen molar-refractivity contribution in [1.82, 2.24) is 0 Å². The molecule has 3 heteroatoms. The van der Waals surface area contributed by atoms with E-state index in [1.807, 2.05) is 12.1 Å². The summed E-state index contributed by atoms with van der Waals surface area (Å²) in [6, 6.07) is 6.05. The molecular formula is C14H23ClN2. The Morgan fingerprint density at radius 1 is 1.29 bits per heavy atom. The highest BCUT2D eigenvalue weighted by Gasteiger charge is 2.09. The molecule has 0 amide bonds. The van der Waals surface area contributed by atoms with Crippen LogP contribution in [0.4, 0.5) is 5.69 Å². The Bertz CT molecular complexity index is 350. The fourth-order valence-electron chi connectivity index (χ4n) is 1.90. The molecule has 0 saturated heterocycles. The van der Waals surface area contributed by atoms with Crippen LogP contribution in [0.1, 0.15) is 25.8 Å². The highest BCUT2D eigenvalue weighted by Crippen LogP contribution is 2.24. The zero-order chi connectivity index (χ0) is 12.8. The molecule has 0 atom stereocenters. The summed E-state index contributed by atoms with van der Waals surface area (Å²) in [5, 5.41) is 0.794. The van der Waals surface area contributed by atoms with Crippen LogP contribution in [0, 0.1) is 12.8 Å². The third kappa shape index (κ3) is 4.57. The Morgan fingerprint density at radius 3 is 2.53 bits per heavy atom. The number of hydrogen-bond donors (Lipinski definition) is 1. The third-order valence-corrected chi connectivity index (χ3v) is 3.11. The number of nitrogens with zero attached hydrogens (tertiary/aromatic N) is 1. The molecule has 0 radical (unpaired) electrons. The van der Waals surface area contributed by atoms with Crippen LogP contribution in [0.2, 0.25) is 5.02 Å². The van der Waals surface area contributed by atoms with Crippen LogP contribution < -0.4 is 10.6 Å². The van der Waals surface area contributed by atoms with E-state index in [0.717, 1.165) is 18.1 Å². The van der Waals surface area contributed by atoms with Crippen molar-refractivity contribution in [3.8, 4) is 0 Å². The van der Waals surface area contributed by atoms with Gasteiger partial charge in [-0.2, -0.15) is 0 Å². The minimum absolute atomic E-state index is 0.681. The van der Waals surface area contributed by atoms with Crippen molar-refractivity contribution in [2.24, 2.45) is 11.7 Å². The molecule has 0 aliphatic heterocycles. The van der Waals surface area contributed by atoms with E-state index in [-0.39, 0.29) is 0 Å². The van der Waals surface area contributed by atoms with E-state index in [1.54, 1.807) is 0 Å². The van der Waals surface area contributed by atoms with E-state index in [2.05, 4.69) is 31.7 Å². The van der Waals surface area contributed by atoms with Gasteiger partial charge in [-0.15, -0.1) is 0 Å². The number of aryl methyl sites for hydroxylation is 1. The molecule has 0 aliphatic carbocycles. The Hall–Kier alpha value is -0.730. The van der Waals surface area contributed by atoms with E-state index in [1.165, 1.54) is 17.7 Å². The van der Waals surface area contributed by atoms with Crippen molar-refractivity contribution >= 4 is 17.3 Å². The van der Waals surface area contributed by atoms with E-state index in [9.17, 15) is 0 Å². The molecular weight excluding hydrogens is 232 g/mol. The molecule has 0 unspecified atom stereocenters. The summed E-state index contributed by atoms with van der Waals surface area (Å²) in [5.41, 5.74) is 8.15. The van der Waals surface area contributed by atoms with Gasteiger partial charge in [0.1, 0.15) is 0 Å². The van der Waals surface area contributed by atoms with Gasteiger partial charge in [0.15, 0.2) is 0 Å². The molecule has 1 rings (SSSR count). The van der Waals surface area contributed by atoms with E-state index in [0.29, 0.717) is 12.5 Å². The Kier molecular flexibility index (Phi) is 5.79. The maximum Gasteiger partial charge on any atom is 0.0410 e. The lowest BCUT2D eigenvalue weighted by molar-refractivity contribution is 0.573. The maximum atomic E-state index is 5.98. The first kappa shape index (κ1) is 14.3.